The zero-order valence-corrected chi connectivity index (χ0v) is 17.2. The van der Waals surface area contributed by atoms with Crippen LogP contribution in [0.3, 0.4) is 0 Å². The molecule has 0 aliphatic heterocycles. The average molecular weight is 329 g/mol. The van der Waals surface area contributed by atoms with Gasteiger partial charge in [0.1, 0.15) is 0 Å². The van der Waals surface area contributed by atoms with Crippen molar-refractivity contribution in [1.29, 1.82) is 0 Å². The van der Waals surface area contributed by atoms with Crippen LogP contribution in [-0.4, -0.2) is 36.3 Å². The summed E-state index contributed by atoms with van der Waals surface area (Å²) in [6, 6.07) is 0. The van der Waals surface area contributed by atoms with E-state index in [0.717, 1.165) is 0 Å². The number of rotatable bonds is 5. The summed E-state index contributed by atoms with van der Waals surface area (Å²) in [5.74, 6) is 0. The molecule has 0 saturated carbocycles. The van der Waals surface area contributed by atoms with Gasteiger partial charge in [0.2, 0.25) is 0 Å². The maximum atomic E-state index is 10.7. The van der Waals surface area contributed by atoms with Crippen LogP contribution in [0.2, 0.25) is 0 Å². The van der Waals surface area contributed by atoms with Gasteiger partial charge in [-0.25, -0.2) is 0 Å². The molecule has 0 spiro atoms. The van der Waals surface area contributed by atoms with E-state index < -0.39 is 26.7 Å². The minimum Gasteiger partial charge on any atom is -1.00 e. The van der Waals surface area contributed by atoms with Gasteiger partial charge in [-0.2, -0.15) is 0 Å². The van der Waals surface area contributed by atoms with Crippen molar-refractivity contribution in [3.8, 4) is 0 Å². The van der Waals surface area contributed by atoms with Crippen molar-refractivity contribution >= 4 is 15.2 Å². The topological polar surface area (TPSA) is 161 Å². The second-order valence-corrected chi connectivity index (χ2v) is 6.76. The van der Waals surface area contributed by atoms with Crippen LogP contribution >= 0.6 is 15.2 Å². The Balaban J connectivity index is -0.000000141. The third kappa shape index (κ3) is 6.78. The molecule has 0 rings (SSSR count). The Kier molecular flexibility index (Phi) is 14.4. The summed E-state index contributed by atoms with van der Waals surface area (Å²) >= 11 is 0. The van der Waals surface area contributed by atoms with Gasteiger partial charge in [-0.3, -0.25) is 9.13 Å². The van der Waals surface area contributed by atoms with Crippen LogP contribution in [0.25, 0.3) is 0 Å². The summed E-state index contributed by atoms with van der Waals surface area (Å²) in [5.41, 5.74) is 5.01. The van der Waals surface area contributed by atoms with E-state index in [4.69, 9.17) is 25.3 Å². The van der Waals surface area contributed by atoms with Crippen LogP contribution in [0.15, 0.2) is 0 Å². The summed E-state index contributed by atoms with van der Waals surface area (Å²) in [5, 5.41) is 5.91. The molecule has 16 heavy (non-hydrogen) atoms. The summed E-state index contributed by atoms with van der Waals surface area (Å²) in [7, 11) is -10.6. The van der Waals surface area contributed by atoms with Crippen LogP contribution in [-0.2, 0) is 9.13 Å². The number of hydrogen-bond donors (Lipinski definition) is 6. The predicted octanol–water partition coefficient (Wildman–Crippen LogP) is -7.04. The Morgan fingerprint density at radius 3 is 1.56 bits per heavy atom. The zero-order chi connectivity index (χ0) is 11.6. The van der Waals surface area contributed by atoms with Gasteiger partial charge in [0.25, 0.3) is 5.08 Å². The van der Waals surface area contributed by atoms with Gasteiger partial charge >= 0.3 is 118 Å². The molecule has 8 nitrogen and oxygen atoms in total. The molecule has 0 aromatic rings. The van der Waals surface area contributed by atoms with Crippen LogP contribution in [0, 0.1) is 0 Å². The fourth-order valence-electron chi connectivity index (χ4n) is 0.800. The molecule has 90 valence electrons. The number of aliphatic hydroxyl groups is 1. The van der Waals surface area contributed by atoms with E-state index in [9.17, 15) is 14.2 Å². The monoisotopic (exact) mass is 329 g/mol. The van der Waals surface area contributed by atoms with Crippen molar-refractivity contribution in [2.24, 2.45) is 5.73 Å². The maximum Gasteiger partial charge on any atom is 1.00 e. The van der Waals surface area contributed by atoms with Gasteiger partial charge < -0.3 is 33.3 Å². The van der Waals surface area contributed by atoms with E-state index in [2.05, 4.69) is 0 Å². The first-order chi connectivity index (χ1) is 6.06. The molecule has 0 radical (unpaired) electrons. The number of nitrogens with two attached hydrogens (primary N) is 1. The van der Waals surface area contributed by atoms with E-state index in [1.165, 1.54) is 0 Å². The standard InChI is InChI=1S/C4H13NO7P2.2K.2H/c5-3-1-2-4(6,13(7,8)9)14(10,11)12;;;;/h6H,1-3,5H2,(H2,7,8,9)(H2,10,11,12);;;;/q;2*+1;2*-1. The molecular weight excluding hydrogens is 314 g/mol. The average Bonchev–Trinajstić information content (AvgIpc) is 1.95. The summed E-state index contributed by atoms with van der Waals surface area (Å²) in [6.45, 7) is -0.0394. The molecule has 0 aliphatic carbocycles. The van der Waals surface area contributed by atoms with Gasteiger partial charge in [0.05, 0.1) is 0 Å². The SMILES string of the molecule is NCCCC(O)(P(=O)(O)O)P(=O)(O)O.[H-].[H-].[K+].[K+]. The Hall–Kier alpha value is 3.49. The molecule has 7 N–H and O–H groups in total. The Morgan fingerprint density at radius 2 is 1.38 bits per heavy atom. The van der Waals surface area contributed by atoms with Crippen molar-refractivity contribution in [3.63, 3.8) is 0 Å². The Labute approximate surface area is 181 Å². The van der Waals surface area contributed by atoms with Crippen LogP contribution < -0.4 is 109 Å². The number of hydrogen-bond acceptors (Lipinski definition) is 4. The maximum absolute atomic E-state index is 10.7. The van der Waals surface area contributed by atoms with E-state index in [-0.39, 0.29) is 119 Å². The van der Waals surface area contributed by atoms with Gasteiger partial charge in [-0.15, -0.1) is 0 Å². The molecule has 0 aromatic carbocycles. The normalized spacial score (nSPS) is 12.6. The van der Waals surface area contributed by atoms with Crippen molar-refractivity contribution in [2.45, 2.75) is 17.9 Å². The van der Waals surface area contributed by atoms with E-state index in [0.29, 0.717) is 0 Å². The third-order valence-corrected chi connectivity index (χ3v) is 5.53. The Morgan fingerprint density at radius 1 is 1.06 bits per heavy atom. The molecule has 12 heteroatoms. The first kappa shape index (κ1) is 24.5. The smallest absolute Gasteiger partial charge is 1.00 e. The molecule has 0 saturated heterocycles. The van der Waals surface area contributed by atoms with Crippen LogP contribution in [0.1, 0.15) is 15.7 Å². The molecule has 0 unspecified atom stereocenters. The van der Waals surface area contributed by atoms with E-state index in [1.54, 1.807) is 0 Å². The van der Waals surface area contributed by atoms with Gasteiger partial charge in [-0.1, -0.05) is 0 Å². The van der Waals surface area contributed by atoms with Crippen molar-refractivity contribution < 1.29 is 139 Å². The van der Waals surface area contributed by atoms with Gasteiger partial charge in [0, 0.05) is 6.42 Å². The molecular formula is C4H15K2NO7P2. The molecule has 0 aromatic heterocycles. The fraction of sp³-hybridized carbons (Fsp3) is 1.00. The third-order valence-electron chi connectivity index (χ3n) is 1.65. The van der Waals surface area contributed by atoms with Crippen molar-refractivity contribution in [1.82, 2.24) is 0 Å². The first-order valence-corrected chi connectivity index (χ1v) is 6.82. The summed E-state index contributed by atoms with van der Waals surface area (Å²) in [4.78, 5) is 34.5. The second-order valence-electron chi connectivity index (χ2n) is 2.75. The van der Waals surface area contributed by atoms with E-state index in [1.807, 2.05) is 0 Å². The van der Waals surface area contributed by atoms with Crippen LogP contribution in [0.5, 0.6) is 0 Å². The van der Waals surface area contributed by atoms with Crippen molar-refractivity contribution in [2.75, 3.05) is 6.54 Å². The Bertz CT molecular complexity index is 275. The molecule has 0 aliphatic rings. The van der Waals surface area contributed by atoms with E-state index >= 15 is 0 Å². The molecule has 0 bridgehead atoms. The van der Waals surface area contributed by atoms with Crippen LogP contribution in [0.4, 0.5) is 0 Å². The van der Waals surface area contributed by atoms with Gasteiger partial charge in [-0.05, 0) is 13.0 Å². The summed E-state index contributed by atoms with van der Waals surface area (Å²) < 4.78 is 21.4. The molecule has 0 heterocycles. The zero-order valence-electron chi connectivity index (χ0n) is 11.1. The van der Waals surface area contributed by atoms with Gasteiger partial charge in [0.15, 0.2) is 0 Å². The fourth-order valence-corrected chi connectivity index (χ4v) is 3.06. The largest absolute Gasteiger partial charge is 1.00 e. The summed E-state index contributed by atoms with van der Waals surface area (Å²) in [6.07, 6.45) is -0.856. The minimum absolute atomic E-state index is 0. The predicted molar refractivity (Wildman–Crippen MR) is 49.6 cm³/mol. The quantitative estimate of drug-likeness (QED) is 0.214. The minimum atomic E-state index is -5.30. The molecule has 0 atom stereocenters. The second kappa shape index (κ2) is 9.43. The first-order valence-electron chi connectivity index (χ1n) is 3.60. The molecule has 0 amide bonds. The molecule has 0 fully saturated rings. The van der Waals surface area contributed by atoms with Crippen molar-refractivity contribution in [3.05, 3.63) is 0 Å².